The van der Waals surface area contributed by atoms with Crippen LogP contribution in [0, 0.1) is 0 Å². The Labute approximate surface area is 80.2 Å². The quantitative estimate of drug-likeness (QED) is 0.773. The molecule has 0 amide bonds. The number of hydrogen-bond donors (Lipinski definition) is 1. The van der Waals surface area contributed by atoms with Gasteiger partial charge >= 0.3 is 0 Å². The number of nitrogens with zero attached hydrogens (tertiary/aromatic N) is 1. The Morgan fingerprint density at radius 2 is 2.08 bits per heavy atom. The summed E-state index contributed by atoms with van der Waals surface area (Å²) < 4.78 is 0. The summed E-state index contributed by atoms with van der Waals surface area (Å²) in [4.78, 5) is 4.11. The maximum Gasteiger partial charge on any atom is 0.0503 e. The van der Waals surface area contributed by atoms with Gasteiger partial charge in [-0.2, -0.15) is 0 Å². The van der Waals surface area contributed by atoms with E-state index in [1.807, 2.05) is 12.3 Å². The van der Waals surface area contributed by atoms with Crippen molar-refractivity contribution < 1.29 is 0 Å². The Morgan fingerprint density at radius 1 is 1.38 bits per heavy atom. The molecule has 2 nitrogen and oxygen atoms in total. The molecule has 0 aliphatic heterocycles. The molecule has 1 aromatic heterocycles. The second kappa shape index (κ2) is 3.77. The second-order valence-corrected chi connectivity index (χ2v) is 4.14. The fourth-order valence-electron chi connectivity index (χ4n) is 1.60. The summed E-state index contributed by atoms with van der Waals surface area (Å²) in [5.41, 5.74) is 7.86. The molecular weight excluding hydrogens is 160 g/mol. The number of aromatic nitrogens is 1. The molecule has 2 heteroatoms. The third-order valence-corrected chi connectivity index (χ3v) is 2.42. The molecule has 0 radical (unpaired) electrons. The van der Waals surface area contributed by atoms with Crippen LogP contribution in [0.15, 0.2) is 18.5 Å². The van der Waals surface area contributed by atoms with Gasteiger partial charge in [0.1, 0.15) is 0 Å². The minimum Gasteiger partial charge on any atom is -0.397 e. The van der Waals surface area contributed by atoms with Gasteiger partial charge in [-0.05, 0) is 23.5 Å². The lowest BCUT2D eigenvalue weighted by Gasteiger charge is -2.24. The molecule has 0 saturated heterocycles. The van der Waals surface area contributed by atoms with Gasteiger partial charge in [0.05, 0.1) is 5.69 Å². The first kappa shape index (κ1) is 10.0. The van der Waals surface area contributed by atoms with Crippen LogP contribution in [-0.2, 0) is 5.41 Å². The number of nitrogens with two attached hydrogens (primary N) is 1. The summed E-state index contributed by atoms with van der Waals surface area (Å²) in [5.74, 6) is 0. The third kappa shape index (κ3) is 2.44. The largest absolute Gasteiger partial charge is 0.397 e. The average Bonchev–Trinajstić information content (AvgIpc) is 2.04. The van der Waals surface area contributed by atoms with Crippen LogP contribution in [0.5, 0.6) is 0 Å². The maximum atomic E-state index is 5.69. The Balaban J connectivity index is 2.93. The van der Waals surface area contributed by atoms with Gasteiger partial charge in [-0.3, -0.25) is 4.98 Å². The van der Waals surface area contributed by atoms with E-state index >= 15 is 0 Å². The van der Waals surface area contributed by atoms with E-state index in [1.54, 1.807) is 6.20 Å². The topological polar surface area (TPSA) is 38.9 Å². The predicted octanol–water partition coefficient (Wildman–Crippen LogP) is 2.74. The molecule has 0 spiro atoms. The first-order valence-corrected chi connectivity index (χ1v) is 4.77. The van der Waals surface area contributed by atoms with Crippen LogP contribution in [0.4, 0.5) is 5.69 Å². The zero-order valence-corrected chi connectivity index (χ0v) is 8.67. The fraction of sp³-hybridized carbons (Fsp3) is 0.545. The van der Waals surface area contributed by atoms with Crippen molar-refractivity contribution in [2.24, 2.45) is 0 Å². The summed E-state index contributed by atoms with van der Waals surface area (Å²) in [6.07, 6.45) is 5.94. The fourth-order valence-corrected chi connectivity index (χ4v) is 1.60. The number of anilines is 1. The zero-order valence-electron chi connectivity index (χ0n) is 8.67. The van der Waals surface area contributed by atoms with Gasteiger partial charge in [0, 0.05) is 12.4 Å². The van der Waals surface area contributed by atoms with Gasteiger partial charge in [0.25, 0.3) is 0 Å². The van der Waals surface area contributed by atoms with Gasteiger partial charge in [0.2, 0.25) is 0 Å². The van der Waals surface area contributed by atoms with Crippen LogP contribution in [0.2, 0.25) is 0 Å². The summed E-state index contributed by atoms with van der Waals surface area (Å²) in [7, 11) is 0. The molecule has 0 bridgehead atoms. The van der Waals surface area contributed by atoms with Gasteiger partial charge in [-0.15, -0.1) is 0 Å². The molecule has 0 aliphatic rings. The SMILES string of the molecule is CCCC(C)(C)c1cncc(N)c1. The van der Waals surface area contributed by atoms with Crippen molar-refractivity contribution in [1.82, 2.24) is 4.98 Å². The van der Waals surface area contributed by atoms with Crippen molar-refractivity contribution in [2.75, 3.05) is 5.73 Å². The lowest BCUT2D eigenvalue weighted by atomic mass is 9.81. The molecule has 2 N–H and O–H groups in total. The maximum absolute atomic E-state index is 5.69. The first-order valence-electron chi connectivity index (χ1n) is 4.77. The molecular formula is C11H18N2. The van der Waals surface area contributed by atoms with Gasteiger partial charge in [-0.1, -0.05) is 27.2 Å². The summed E-state index contributed by atoms with van der Waals surface area (Å²) in [6, 6.07) is 2.02. The highest BCUT2D eigenvalue weighted by Gasteiger charge is 2.19. The Kier molecular flexibility index (Phi) is 2.91. The third-order valence-electron chi connectivity index (χ3n) is 2.42. The molecule has 0 atom stereocenters. The van der Waals surface area contributed by atoms with E-state index in [4.69, 9.17) is 5.73 Å². The van der Waals surface area contributed by atoms with E-state index in [1.165, 1.54) is 12.0 Å². The van der Waals surface area contributed by atoms with Gasteiger partial charge < -0.3 is 5.73 Å². The second-order valence-electron chi connectivity index (χ2n) is 4.14. The van der Waals surface area contributed by atoms with Crippen LogP contribution in [0.3, 0.4) is 0 Å². The van der Waals surface area contributed by atoms with E-state index in [9.17, 15) is 0 Å². The summed E-state index contributed by atoms with van der Waals surface area (Å²) >= 11 is 0. The van der Waals surface area contributed by atoms with Crippen molar-refractivity contribution in [3.05, 3.63) is 24.0 Å². The lowest BCUT2D eigenvalue weighted by Crippen LogP contribution is -2.17. The number of nitrogen functional groups attached to an aromatic ring is 1. The molecule has 72 valence electrons. The molecule has 0 saturated carbocycles. The highest BCUT2D eigenvalue weighted by atomic mass is 14.7. The van der Waals surface area contributed by atoms with E-state index in [2.05, 4.69) is 25.8 Å². The summed E-state index contributed by atoms with van der Waals surface area (Å²) in [5, 5.41) is 0. The zero-order chi connectivity index (χ0) is 9.90. The van der Waals surface area contributed by atoms with Crippen LogP contribution in [0.1, 0.15) is 39.2 Å². The Hall–Kier alpha value is -1.05. The van der Waals surface area contributed by atoms with Crippen molar-refractivity contribution >= 4 is 5.69 Å². The van der Waals surface area contributed by atoms with E-state index in [-0.39, 0.29) is 5.41 Å². The number of hydrogen-bond acceptors (Lipinski definition) is 2. The van der Waals surface area contributed by atoms with Crippen LogP contribution in [-0.4, -0.2) is 4.98 Å². The van der Waals surface area contributed by atoms with Crippen molar-refractivity contribution in [2.45, 2.75) is 39.0 Å². The molecule has 0 unspecified atom stereocenters. The lowest BCUT2D eigenvalue weighted by molar-refractivity contribution is 0.472. The molecule has 13 heavy (non-hydrogen) atoms. The van der Waals surface area contributed by atoms with E-state index in [0.717, 1.165) is 12.1 Å². The molecule has 0 aromatic carbocycles. The summed E-state index contributed by atoms with van der Waals surface area (Å²) in [6.45, 7) is 6.65. The van der Waals surface area contributed by atoms with E-state index < -0.39 is 0 Å². The first-order chi connectivity index (χ1) is 6.06. The van der Waals surface area contributed by atoms with E-state index in [0.29, 0.717) is 0 Å². The average molecular weight is 178 g/mol. The van der Waals surface area contributed by atoms with Gasteiger partial charge in [-0.25, -0.2) is 0 Å². The van der Waals surface area contributed by atoms with Crippen LogP contribution < -0.4 is 5.73 Å². The normalized spacial score (nSPS) is 11.6. The van der Waals surface area contributed by atoms with Crippen LogP contribution in [0.25, 0.3) is 0 Å². The van der Waals surface area contributed by atoms with Crippen molar-refractivity contribution in [1.29, 1.82) is 0 Å². The molecule has 1 rings (SSSR count). The monoisotopic (exact) mass is 178 g/mol. The molecule has 0 aliphatic carbocycles. The minimum absolute atomic E-state index is 0.192. The highest BCUT2D eigenvalue weighted by Crippen LogP contribution is 2.28. The molecule has 0 fully saturated rings. The molecule has 1 heterocycles. The van der Waals surface area contributed by atoms with Crippen LogP contribution >= 0.6 is 0 Å². The number of rotatable bonds is 3. The number of pyridine rings is 1. The Morgan fingerprint density at radius 3 is 2.62 bits per heavy atom. The van der Waals surface area contributed by atoms with Gasteiger partial charge in [0.15, 0.2) is 0 Å². The standard InChI is InChI=1S/C11H18N2/c1-4-5-11(2,3)9-6-10(12)8-13-7-9/h6-8H,4-5,12H2,1-3H3. The van der Waals surface area contributed by atoms with Crippen molar-refractivity contribution in [3.8, 4) is 0 Å². The predicted molar refractivity (Wildman–Crippen MR) is 56.6 cm³/mol. The minimum atomic E-state index is 0.192. The Bertz CT molecular complexity index is 279. The molecule has 1 aromatic rings. The smallest absolute Gasteiger partial charge is 0.0503 e. The van der Waals surface area contributed by atoms with Crippen molar-refractivity contribution in [3.63, 3.8) is 0 Å². The highest BCUT2D eigenvalue weighted by molar-refractivity contribution is 5.39.